The van der Waals surface area contributed by atoms with Crippen LogP contribution < -0.4 is 10.0 Å². The van der Waals surface area contributed by atoms with E-state index in [2.05, 4.69) is 23.9 Å². The second-order valence-corrected chi connectivity index (χ2v) is 7.94. The van der Waals surface area contributed by atoms with Crippen molar-refractivity contribution in [3.8, 4) is 0 Å². The van der Waals surface area contributed by atoms with Crippen molar-refractivity contribution in [2.45, 2.75) is 50.6 Å². The van der Waals surface area contributed by atoms with E-state index in [4.69, 9.17) is 0 Å². The van der Waals surface area contributed by atoms with E-state index in [9.17, 15) is 8.42 Å². The average Bonchev–Trinajstić information content (AvgIpc) is 2.78. The fourth-order valence-electron chi connectivity index (χ4n) is 2.92. The Morgan fingerprint density at radius 1 is 1.24 bits per heavy atom. The second-order valence-electron chi connectivity index (χ2n) is 6.22. The van der Waals surface area contributed by atoms with Gasteiger partial charge in [-0.25, -0.2) is 13.1 Å². The van der Waals surface area contributed by atoms with Crippen LogP contribution in [0.1, 0.15) is 45.2 Å². The predicted octanol–water partition coefficient (Wildman–Crippen LogP) is 2.68. The lowest BCUT2D eigenvalue weighted by Gasteiger charge is -2.20. The Kier molecular flexibility index (Phi) is 5.07. The van der Waals surface area contributed by atoms with Crippen LogP contribution in [0.5, 0.6) is 0 Å². The fourth-order valence-corrected chi connectivity index (χ4v) is 4.33. The molecule has 4 nitrogen and oxygen atoms in total. The van der Waals surface area contributed by atoms with Gasteiger partial charge >= 0.3 is 0 Å². The summed E-state index contributed by atoms with van der Waals surface area (Å²) in [6.45, 7) is 6.33. The van der Waals surface area contributed by atoms with Gasteiger partial charge in [0.2, 0.25) is 10.0 Å². The summed E-state index contributed by atoms with van der Waals surface area (Å²) < 4.78 is 28.0. The lowest BCUT2D eigenvalue weighted by Crippen LogP contribution is -2.37. The largest absolute Gasteiger partial charge is 0.313 e. The molecule has 5 heteroatoms. The molecule has 0 aromatic heterocycles. The Bertz CT molecular complexity index is 586. The number of benzene rings is 1. The molecule has 21 heavy (non-hydrogen) atoms. The quantitative estimate of drug-likeness (QED) is 0.879. The van der Waals surface area contributed by atoms with Gasteiger partial charge < -0.3 is 5.32 Å². The van der Waals surface area contributed by atoms with E-state index in [1.807, 2.05) is 20.0 Å². The molecule has 1 saturated carbocycles. The summed E-state index contributed by atoms with van der Waals surface area (Å²) in [4.78, 5) is 0.355. The second kappa shape index (κ2) is 6.46. The molecular weight excluding hydrogens is 284 g/mol. The maximum absolute atomic E-state index is 12.6. The first kappa shape index (κ1) is 16.5. The van der Waals surface area contributed by atoms with Crippen molar-refractivity contribution in [3.05, 3.63) is 29.8 Å². The van der Waals surface area contributed by atoms with Gasteiger partial charge in [-0.3, -0.25) is 0 Å². The number of nitrogens with one attached hydrogen (secondary N) is 2. The highest BCUT2D eigenvalue weighted by Crippen LogP contribution is 2.32. The Morgan fingerprint density at radius 2 is 1.95 bits per heavy atom. The number of rotatable bonds is 5. The molecule has 2 N–H and O–H groups in total. The minimum atomic E-state index is -3.44. The summed E-state index contributed by atoms with van der Waals surface area (Å²) >= 11 is 0. The molecule has 1 aromatic carbocycles. The van der Waals surface area contributed by atoms with Crippen molar-refractivity contribution in [2.24, 2.45) is 11.8 Å². The molecule has 0 saturated heterocycles. The van der Waals surface area contributed by atoms with E-state index in [1.54, 1.807) is 18.2 Å². The third-order valence-electron chi connectivity index (χ3n) is 4.87. The molecule has 0 radical (unpaired) electrons. The topological polar surface area (TPSA) is 58.2 Å². The Balaban J connectivity index is 2.20. The smallest absolute Gasteiger partial charge is 0.240 e. The summed E-state index contributed by atoms with van der Waals surface area (Å²) in [5.74, 6) is 0.965. The third kappa shape index (κ3) is 3.65. The Morgan fingerprint density at radius 3 is 2.52 bits per heavy atom. The van der Waals surface area contributed by atoms with Crippen LogP contribution in [0.4, 0.5) is 0 Å². The molecule has 1 aromatic rings. The van der Waals surface area contributed by atoms with E-state index >= 15 is 0 Å². The first-order valence-corrected chi connectivity index (χ1v) is 9.13. The molecule has 2 rings (SSSR count). The van der Waals surface area contributed by atoms with Crippen LogP contribution in [0.15, 0.2) is 29.2 Å². The van der Waals surface area contributed by atoms with Gasteiger partial charge in [0, 0.05) is 12.1 Å². The van der Waals surface area contributed by atoms with Gasteiger partial charge in [0.05, 0.1) is 4.90 Å². The summed E-state index contributed by atoms with van der Waals surface area (Å²) in [6.07, 6.45) is 2.01. The van der Waals surface area contributed by atoms with Crippen LogP contribution in [-0.4, -0.2) is 21.5 Å². The van der Waals surface area contributed by atoms with Crippen molar-refractivity contribution >= 4 is 10.0 Å². The van der Waals surface area contributed by atoms with Crippen molar-refractivity contribution in [1.82, 2.24) is 10.0 Å². The molecule has 4 unspecified atom stereocenters. The average molecular weight is 310 g/mol. The van der Waals surface area contributed by atoms with Crippen LogP contribution in [0, 0.1) is 11.8 Å². The summed E-state index contributed by atoms with van der Waals surface area (Å²) in [5.41, 5.74) is 0.980. The SMILES string of the molecule is CNC(C)c1cccc(S(=O)(=O)NC2CCC(C)C2C)c1. The maximum Gasteiger partial charge on any atom is 0.240 e. The van der Waals surface area contributed by atoms with E-state index in [-0.39, 0.29) is 12.1 Å². The van der Waals surface area contributed by atoms with E-state index < -0.39 is 10.0 Å². The zero-order valence-corrected chi connectivity index (χ0v) is 14.1. The third-order valence-corrected chi connectivity index (χ3v) is 6.36. The van der Waals surface area contributed by atoms with Gasteiger partial charge in [-0.2, -0.15) is 0 Å². The molecule has 0 spiro atoms. The highest BCUT2D eigenvalue weighted by molar-refractivity contribution is 7.89. The Hall–Kier alpha value is -0.910. The standard InChI is InChI=1S/C16H26N2O2S/c1-11-8-9-16(12(11)2)18-21(19,20)15-7-5-6-14(10-15)13(3)17-4/h5-7,10-13,16-18H,8-9H2,1-4H3. The van der Waals surface area contributed by atoms with Gasteiger partial charge in [-0.15, -0.1) is 0 Å². The van der Waals surface area contributed by atoms with Gasteiger partial charge in [-0.1, -0.05) is 26.0 Å². The molecule has 1 aliphatic carbocycles. The minimum Gasteiger partial charge on any atom is -0.313 e. The number of sulfonamides is 1. The van der Waals surface area contributed by atoms with Gasteiger partial charge in [0.15, 0.2) is 0 Å². The van der Waals surface area contributed by atoms with Crippen LogP contribution in [-0.2, 0) is 10.0 Å². The molecule has 0 bridgehead atoms. The molecule has 4 atom stereocenters. The van der Waals surface area contributed by atoms with Crippen LogP contribution in [0.2, 0.25) is 0 Å². The highest BCUT2D eigenvalue weighted by Gasteiger charge is 2.33. The van der Waals surface area contributed by atoms with Crippen molar-refractivity contribution < 1.29 is 8.42 Å². The molecule has 1 aliphatic rings. The van der Waals surface area contributed by atoms with Gasteiger partial charge in [-0.05, 0) is 56.3 Å². The lowest BCUT2D eigenvalue weighted by molar-refractivity contribution is 0.402. The molecule has 1 fully saturated rings. The first-order chi connectivity index (χ1) is 9.85. The van der Waals surface area contributed by atoms with Crippen molar-refractivity contribution in [1.29, 1.82) is 0 Å². The van der Waals surface area contributed by atoms with Crippen LogP contribution in [0.3, 0.4) is 0 Å². The Labute approximate surface area is 128 Å². The summed E-state index contributed by atoms with van der Waals surface area (Å²) in [6, 6.07) is 7.35. The molecule has 0 heterocycles. The monoisotopic (exact) mass is 310 g/mol. The van der Waals surface area contributed by atoms with E-state index in [1.165, 1.54) is 0 Å². The van der Waals surface area contributed by atoms with E-state index in [0.29, 0.717) is 16.7 Å². The highest BCUT2D eigenvalue weighted by atomic mass is 32.2. The normalized spacial score (nSPS) is 27.7. The predicted molar refractivity (Wildman–Crippen MR) is 85.6 cm³/mol. The maximum atomic E-state index is 12.6. The molecule has 0 amide bonds. The first-order valence-electron chi connectivity index (χ1n) is 7.64. The fraction of sp³-hybridized carbons (Fsp3) is 0.625. The van der Waals surface area contributed by atoms with Crippen molar-refractivity contribution in [3.63, 3.8) is 0 Å². The zero-order chi connectivity index (χ0) is 15.6. The number of hydrogen-bond acceptors (Lipinski definition) is 3. The summed E-state index contributed by atoms with van der Waals surface area (Å²) in [5, 5.41) is 3.13. The zero-order valence-electron chi connectivity index (χ0n) is 13.3. The van der Waals surface area contributed by atoms with Crippen LogP contribution in [0.25, 0.3) is 0 Å². The van der Waals surface area contributed by atoms with Gasteiger partial charge in [0.25, 0.3) is 0 Å². The minimum absolute atomic E-state index is 0.0513. The van der Waals surface area contributed by atoms with Gasteiger partial charge in [0.1, 0.15) is 0 Å². The van der Waals surface area contributed by atoms with E-state index in [0.717, 1.165) is 18.4 Å². The summed E-state index contributed by atoms with van der Waals surface area (Å²) in [7, 11) is -1.58. The van der Waals surface area contributed by atoms with Crippen molar-refractivity contribution in [2.75, 3.05) is 7.05 Å². The molecule has 0 aliphatic heterocycles. The lowest BCUT2D eigenvalue weighted by atomic mass is 9.98. The molecule has 118 valence electrons. The number of hydrogen-bond donors (Lipinski definition) is 2. The van der Waals surface area contributed by atoms with Crippen LogP contribution >= 0.6 is 0 Å². The molecular formula is C16H26N2O2S.